The van der Waals surface area contributed by atoms with Crippen LogP contribution in [0.3, 0.4) is 0 Å². The molecule has 0 atom stereocenters. The molecule has 1 saturated heterocycles. The van der Waals surface area contributed by atoms with E-state index in [2.05, 4.69) is 31.2 Å². The highest BCUT2D eigenvalue weighted by molar-refractivity contribution is 8.00. The van der Waals surface area contributed by atoms with E-state index < -0.39 is 0 Å². The van der Waals surface area contributed by atoms with Crippen LogP contribution in [-0.4, -0.2) is 29.6 Å². The molecule has 1 aliphatic rings. The third kappa shape index (κ3) is 3.77. The summed E-state index contributed by atoms with van der Waals surface area (Å²) in [6.07, 6.45) is 3.61. The van der Waals surface area contributed by atoms with Crippen LogP contribution >= 0.6 is 11.8 Å². The first-order valence-corrected chi connectivity index (χ1v) is 7.21. The van der Waals surface area contributed by atoms with Crippen molar-refractivity contribution in [2.45, 2.75) is 31.1 Å². The van der Waals surface area contributed by atoms with Crippen LogP contribution in [-0.2, 0) is 4.79 Å². The summed E-state index contributed by atoms with van der Waals surface area (Å²) >= 11 is 1.64. The summed E-state index contributed by atoms with van der Waals surface area (Å²) in [6.45, 7) is 3.98. The minimum absolute atomic E-state index is 0.287. The largest absolute Gasteiger partial charge is 0.342 e. The molecule has 0 spiro atoms. The van der Waals surface area contributed by atoms with Gasteiger partial charge in [-0.05, 0) is 38.3 Å². The van der Waals surface area contributed by atoms with Gasteiger partial charge in [-0.1, -0.05) is 17.7 Å². The Morgan fingerprint density at radius 2 is 1.82 bits per heavy atom. The van der Waals surface area contributed by atoms with Gasteiger partial charge in [-0.2, -0.15) is 0 Å². The molecular formula is C14H19NOS. The van der Waals surface area contributed by atoms with Crippen molar-refractivity contribution in [1.82, 2.24) is 4.90 Å². The smallest absolute Gasteiger partial charge is 0.232 e. The van der Waals surface area contributed by atoms with Crippen LogP contribution in [0.2, 0.25) is 0 Å². The number of piperidine rings is 1. The molecule has 0 bridgehead atoms. The zero-order valence-corrected chi connectivity index (χ0v) is 11.1. The first kappa shape index (κ1) is 12.5. The summed E-state index contributed by atoms with van der Waals surface area (Å²) in [5.41, 5.74) is 1.26. The molecule has 2 nitrogen and oxygen atoms in total. The van der Waals surface area contributed by atoms with Gasteiger partial charge < -0.3 is 4.90 Å². The predicted octanol–water partition coefficient (Wildman–Crippen LogP) is 3.10. The Hall–Kier alpha value is -0.960. The molecule has 1 heterocycles. The third-order valence-electron chi connectivity index (χ3n) is 3.09. The van der Waals surface area contributed by atoms with Crippen molar-refractivity contribution in [1.29, 1.82) is 0 Å². The summed E-state index contributed by atoms with van der Waals surface area (Å²) in [5.74, 6) is 0.860. The SMILES string of the molecule is Cc1ccc(SCC(=O)N2CCCCC2)cc1. The molecule has 0 radical (unpaired) electrons. The van der Waals surface area contributed by atoms with Crippen molar-refractivity contribution in [2.75, 3.05) is 18.8 Å². The zero-order chi connectivity index (χ0) is 12.1. The molecule has 0 N–H and O–H groups in total. The van der Waals surface area contributed by atoms with E-state index in [1.165, 1.54) is 29.7 Å². The highest BCUT2D eigenvalue weighted by Gasteiger charge is 2.16. The lowest BCUT2D eigenvalue weighted by Crippen LogP contribution is -2.36. The van der Waals surface area contributed by atoms with Crippen molar-refractivity contribution in [2.24, 2.45) is 0 Å². The Morgan fingerprint density at radius 3 is 2.47 bits per heavy atom. The van der Waals surface area contributed by atoms with Crippen molar-refractivity contribution >= 4 is 17.7 Å². The summed E-state index contributed by atoms with van der Waals surface area (Å²) in [5, 5.41) is 0. The van der Waals surface area contributed by atoms with Crippen LogP contribution in [0.5, 0.6) is 0 Å². The summed E-state index contributed by atoms with van der Waals surface area (Å²) in [4.78, 5) is 15.1. The van der Waals surface area contributed by atoms with Gasteiger partial charge in [0.1, 0.15) is 0 Å². The van der Waals surface area contributed by atoms with E-state index in [0.717, 1.165) is 13.1 Å². The summed E-state index contributed by atoms with van der Waals surface area (Å²) < 4.78 is 0. The lowest BCUT2D eigenvalue weighted by Gasteiger charge is -2.26. The van der Waals surface area contributed by atoms with E-state index in [-0.39, 0.29) is 5.91 Å². The van der Waals surface area contributed by atoms with Gasteiger partial charge in [0, 0.05) is 18.0 Å². The molecule has 1 aromatic rings. The number of hydrogen-bond acceptors (Lipinski definition) is 2. The molecule has 1 fully saturated rings. The predicted molar refractivity (Wildman–Crippen MR) is 72.3 cm³/mol. The second-order valence-corrected chi connectivity index (χ2v) is 5.59. The number of amides is 1. The molecule has 0 aliphatic carbocycles. The van der Waals surface area contributed by atoms with E-state index in [0.29, 0.717) is 5.75 Å². The molecule has 0 aromatic heterocycles. The maximum atomic E-state index is 11.9. The molecule has 17 heavy (non-hydrogen) atoms. The van der Waals surface area contributed by atoms with Crippen molar-refractivity contribution < 1.29 is 4.79 Å². The highest BCUT2D eigenvalue weighted by atomic mass is 32.2. The number of likely N-dealkylation sites (tertiary alicyclic amines) is 1. The van der Waals surface area contributed by atoms with Crippen LogP contribution < -0.4 is 0 Å². The van der Waals surface area contributed by atoms with Gasteiger partial charge in [-0.25, -0.2) is 0 Å². The van der Waals surface area contributed by atoms with Crippen LogP contribution in [0.1, 0.15) is 24.8 Å². The van der Waals surface area contributed by atoms with Crippen molar-refractivity contribution in [3.05, 3.63) is 29.8 Å². The number of carbonyl (C=O) groups is 1. The fourth-order valence-electron chi connectivity index (χ4n) is 2.01. The third-order valence-corrected chi connectivity index (χ3v) is 4.09. The van der Waals surface area contributed by atoms with Gasteiger partial charge in [0.05, 0.1) is 5.75 Å². The Bertz CT molecular complexity index is 368. The molecule has 3 heteroatoms. The highest BCUT2D eigenvalue weighted by Crippen LogP contribution is 2.19. The minimum atomic E-state index is 0.287. The first-order chi connectivity index (χ1) is 8.25. The summed E-state index contributed by atoms with van der Waals surface area (Å²) in [7, 11) is 0. The van der Waals surface area contributed by atoms with Gasteiger partial charge in [-0.15, -0.1) is 11.8 Å². The maximum Gasteiger partial charge on any atom is 0.232 e. The fraction of sp³-hybridized carbons (Fsp3) is 0.500. The average molecular weight is 249 g/mol. The lowest BCUT2D eigenvalue weighted by molar-refractivity contribution is -0.129. The second kappa shape index (κ2) is 6.10. The molecular weight excluding hydrogens is 230 g/mol. The van der Waals surface area contributed by atoms with E-state index in [4.69, 9.17) is 0 Å². The number of aryl methyl sites for hydroxylation is 1. The molecule has 92 valence electrons. The van der Waals surface area contributed by atoms with Crippen LogP contribution in [0.4, 0.5) is 0 Å². The Labute approximate surface area is 107 Å². The van der Waals surface area contributed by atoms with Crippen LogP contribution in [0.25, 0.3) is 0 Å². The maximum absolute atomic E-state index is 11.9. The number of carbonyl (C=O) groups excluding carboxylic acids is 1. The molecule has 1 aliphatic heterocycles. The molecule has 0 saturated carbocycles. The molecule has 0 unspecified atom stereocenters. The van der Waals surface area contributed by atoms with Crippen LogP contribution in [0, 0.1) is 6.92 Å². The van der Waals surface area contributed by atoms with Gasteiger partial charge >= 0.3 is 0 Å². The first-order valence-electron chi connectivity index (χ1n) is 6.23. The standard InChI is InChI=1S/C14H19NOS/c1-12-5-7-13(8-6-12)17-11-14(16)15-9-3-2-4-10-15/h5-8H,2-4,9-11H2,1H3. The minimum Gasteiger partial charge on any atom is -0.342 e. The zero-order valence-electron chi connectivity index (χ0n) is 10.3. The van der Waals surface area contributed by atoms with Crippen molar-refractivity contribution in [3.8, 4) is 0 Å². The number of thioether (sulfide) groups is 1. The molecule has 1 aromatic carbocycles. The van der Waals surface area contributed by atoms with E-state index in [9.17, 15) is 4.79 Å². The van der Waals surface area contributed by atoms with Gasteiger partial charge in [0.25, 0.3) is 0 Å². The molecule has 2 rings (SSSR count). The van der Waals surface area contributed by atoms with E-state index in [1.54, 1.807) is 11.8 Å². The van der Waals surface area contributed by atoms with E-state index >= 15 is 0 Å². The fourth-order valence-corrected chi connectivity index (χ4v) is 2.82. The Kier molecular flexibility index (Phi) is 4.49. The van der Waals surface area contributed by atoms with Crippen LogP contribution in [0.15, 0.2) is 29.2 Å². The monoisotopic (exact) mass is 249 g/mol. The Balaban J connectivity index is 1.81. The van der Waals surface area contributed by atoms with Crippen molar-refractivity contribution in [3.63, 3.8) is 0 Å². The quantitative estimate of drug-likeness (QED) is 0.767. The Morgan fingerprint density at radius 1 is 1.18 bits per heavy atom. The normalized spacial score (nSPS) is 15.9. The number of hydrogen-bond donors (Lipinski definition) is 0. The number of rotatable bonds is 3. The lowest BCUT2D eigenvalue weighted by atomic mass is 10.1. The van der Waals surface area contributed by atoms with E-state index in [1.807, 2.05) is 4.90 Å². The summed E-state index contributed by atoms with van der Waals surface area (Å²) in [6, 6.07) is 8.36. The average Bonchev–Trinajstić information content (AvgIpc) is 2.39. The molecule has 1 amide bonds. The van der Waals surface area contributed by atoms with Gasteiger partial charge in [-0.3, -0.25) is 4.79 Å². The number of nitrogens with zero attached hydrogens (tertiary/aromatic N) is 1. The second-order valence-electron chi connectivity index (χ2n) is 4.54. The topological polar surface area (TPSA) is 20.3 Å². The number of benzene rings is 1. The van der Waals surface area contributed by atoms with Gasteiger partial charge in [0.2, 0.25) is 5.91 Å². The van der Waals surface area contributed by atoms with Gasteiger partial charge in [0.15, 0.2) is 0 Å².